The summed E-state index contributed by atoms with van der Waals surface area (Å²) in [5, 5.41) is 0. The molecule has 0 radical (unpaired) electrons. The molecule has 0 N–H and O–H groups in total. The summed E-state index contributed by atoms with van der Waals surface area (Å²) in [4.78, 5) is 0. The van der Waals surface area contributed by atoms with Crippen molar-refractivity contribution in [3.05, 3.63) is 89.7 Å². The van der Waals surface area contributed by atoms with Crippen LogP contribution in [0.3, 0.4) is 0 Å². The third-order valence-corrected chi connectivity index (χ3v) is 3.42. The van der Waals surface area contributed by atoms with Crippen LogP contribution in [0.1, 0.15) is 5.56 Å². The van der Waals surface area contributed by atoms with Gasteiger partial charge in [-0.1, -0.05) is 54.6 Å². The third-order valence-electron chi connectivity index (χ3n) is 3.42. The first kappa shape index (κ1) is 15.2. The molecule has 0 aliphatic carbocycles. The molecule has 0 spiro atoms. The molecule has 0 saturated carbocycles. The van der Waals surface area contributed by atoms with E-state index < -0.39 is 17.5 Å². The monoisotopic (exact) mass is 314 g/mol. The lowest BCUT2D eigenvalue weighted by Gasteiger charge is -2.08. The highest BCUT2D eigenvalue weighted by atomic mass is 19.2. The van der Waals surface area contributed by atoms with Gasteiger partial charge in [0.05, 0.1) is 0 Å². The van der Waals surface area contributed by atoms with Gasteiger partial charge in [0.15, 0.2) is 17.5 Å². The van der Waals surface area contributed by atoms with Gasteiger partial charge < -0.3 is 4.74 Å². The zero-order valence-corrected chi connectivity index (χ0v) is 12.1. The fraction of sp³-hybridized carbons (Fsp3) is 0.0526. The SMILES string of the molecule is Fc1cc(OCc2ccc(-c3ccccc3)cc2)cc(F)c1F. The molecule has 4 heteroatoms. The summed E-state index contributed by atoms with van der Waals surface area (Å²) in [5.41, 5.74) is 3.01. The summed E-state index contributed by atoms with van der Waals surface area (Å²) in [5.74, 6) is -4.07. The zero-order chi connectivity index (χ0) is 16.2. The van der Waals surface area contributed by atoms with Crippen LogP contribution in [-0.2, 0) is 6.61 Å². The number of halogens is 3. The van der Waals surface area contributed by atoms with Gasteiger partial charge in [0.2, 0.25) is 0 Å². The van der Waals surface area contributed by atoms with E-state index in [9.17, 15) is 13.2 Å². The second-order valence-corrected chi connectivity index (χ2v) is 5.05. The lowest BCUT2D eigenvalue weighted by molar-refractivity contribution is 0.299. The average Bonchev–Trinajstić information content (AvgIpc) is 2.59. The Bertz CT molecular complexity index is 776. The molecule has 23 heavy (non-hydrogen) atoms. The minimum atomic E-state index is -1.50. The van der Waals surface area contributed by atoms with Crippen LogP contribution >= 0.6 is 0 Å². The van der Waals surface area contributed by atoms with Crippen LogP contribution in [-0.4, -0.2) is 0 Å². The van der Waals surface area contributed by atoms with Gasteiger partial charge in [0.1, 0.15) is 12.4 Å². The summed E-state index contributed by atoms with van der Waals surface area (Å²) in [7, 11) is 0. The molecule has 0 aromatic heterocycles. The summed E-state index contributed by atoms with van der Waals surface area (Å²) in [6, 6.07) is 19.2. The van der Waals surface area contributed by atoms with Crippen molar-refractivity contribution < 1.29 is 17.9 Å². The van der Waals surface area contributed by atoms with E-state index in [0.717, 1.165) is 28.8 Å². The highest BCUT2D eigenvalue weighted by molar-refractivity contribution is 5.63. The zero-order valence-electron chi connectivity index (χ0n) is 12.1. The van der Waals surface area contributed by atoms with Gasteiger partial charge in [0, 0.05) is 12.1 Å². The first-order valence-electron chi connectivity index (χ1n) is 7.05. The Labute approximate surface area is 132 Å². The van der Waals surface area contributed by atoms with Crippen molar-refractivity contribution in [1.82, 2.24) is 0 Å². The standard InChI is InChI=1S/C19H13F3O/c20-17-10-16(11-18(21)19(17)22)23-12-13-6-8-15(9-7-13)14-4-2-1-3-5-14/h1-11H,12H2. The fourth-order valence-electron chi connectivity index (χ4n) is 2.21. The van der Waals surface area contributed by atoms with Crippen molar-refractivity contribution in [1.29, 1.82) is 0 Å². The van der Waals surface area contributed by atoms with E-state index in [2.05, 4.69) is 0 Å². The van der Waals surface area contributed by atoms with E-state index in [1.807, 2.05) is 54.6 Å². The molecule has 3 rings (SSSR count). The number of benzene rings is 3. The van der Waals surface area contributed by atoms with E-state index in [4.69, 9.17) is 4.74 Å². The van der Waals surface area contributed by atoms with Crippen molar-refractivity contribution in [2.45, 2.75) is 6.61 Å². The van der Waals surface area contributed by atoms with Crippen LogP contribution in [0.25, 0.3) is 11.1 Å². The molecule has 0 amide bonds. The third kappa shape index (κ3) is 3.54. The fourth-order valence-corrected chi connectivity index (χ4v) is 2.21. The second kappa shape index (κ2) is 6.57. The van der Waals surface area contributed by atoms with Crippen LogP contribution in [0, 0.1) is 17.5 Å². The minimum Gasteiger partial charge on any atom is -0.489 e. The van der Waals surface area contributed by atoms with Crippen LogP contribution in [0.4, 0.5) is 13.2 Å². The van der Waals surface area contributed by atoms with Gasteiger partial charge in [-0.05, 0) is 16.7 Å². The van der Waals surface area contributed by atoms with Crippen molar-refractivity contribution in [2.24, 2.45) is 0 Å². The predicted octanol–water partition coefficient (Wildman–Crippen LogP) is 5.35. The smallest absolute Gasteiger partial charge is 0.194 e. The van der Waals surface area contributed by atoms with Crippen molar-refractivity contribution >= 4 is 0 Å². The summed E-state index contributed by atoms with van der Waals surface area (Å²) in [6.07, 6.45) is 0. The Morgan fingerprint density at radius 1 is 0.696 bits per heavy atom. The average molecular weight is 314 g/mol. The van der Waals surface area contributed by atoms with Crippen molar-refractivity contribution in [3.8, 4) is 16.9 Å². The van der Waals surface area contributed by atoms with Gasteiger partial charge in [-0.15, -0.1) is 0 Å². The molecule has 0 heterocycles. The van der Waals surface area contributed by atoms with Gasteiger partial charge in [-0.25, -0.2) is 13.2 Å². The maximum Gasteiger partial charge on any atom is 0.194 e. The van der Waals surface area contributed by atoms with Gasteiger partial charge >= 0.3 is 0 Å². The highest BCUT2D eigenvalue weighted by Crippen LogP contribution is 2.22. The Morgan fingerprint density at radius 2 is 1.26 bits per heavy atom. The van der Waals surface area contributed by atoms with E-state index in [-0.39, 0.29) is 12.4 Å². The summed E-state index contributed by atoms with van der Waals surface area (Å²) >= 11 is 0. The number of rotatable bonds is 4. The Balaban J connectivity index is 1.70. The van der Waals surface area contributed by atoms with Crippen LogP contribution in [0.2, 0.25) is 0 Å². The van der Waals surface area contributed by atoms with E-state index in [1.54, 1.807) is 0 Å². The Morgan fingerprint density at radius 3 is 1.87 bits per heavy atom. The van der Waals surface area contributed by atoms with Gasteiger partial charge in [-0.3, -0.25) is 0 Å². The molecule has 116 valence electrons. The quantitative estimate of drug-likeness (QED) is 0.590. The first-order valence-corrected chi connectivity index (χ1v) is 7.05. The summed E-state index contributed by atoms with van der Waals surface area (Å²) in [6.45, 7) is 0.138. The minimum absolute atomic E-state index is 0.0477. The Hall–Kier alpha value is -2.75. The lowest BCUT2D eigenvalue weighted by atomic mass is 10.0. The van der Waals surface area contributed by atoms with Crippen LogP contribution in [0.15, 0.2) is 66.7 Å². The maximum atomic E-state index is 13.1. The normalized spacial score (nSPS) is 10.6. The maximum absolute atomic E-state index is 13.1. The number of hydrogen-bond acceptors (Lipinski definition) is 1. The van der Waals surface area contributed by atoms with E-state index in [0.29, 0.717) is 0 Å². The molecular formula is C19H13F3O. The molecule has 1 nitrogen and oxygen atoms in total. The number of ether oxygens (including phenoxy) is 1. The topological polar surface area (TPSA) is 9.23 Å². The number of hydrogen-bond donors (Lipinski definition) is 0. The van der Waals surface area contributed by atoms with Crippen LogP contribution in [0.5, 0.6) is 5.75 Å². The van der Waals surface area contributed by atoms with E-state index >= 15 is 0 Å². The second-order valence-electron chi connectivity index (χ2n) is 5.05. The molecule has 0 aliphatic rings. The van der Waals surface area contributed by atoms with Crippen molar-refractivity contribution in [2.75, 3.05) is 0 Å². The van der Waals surface area contributed by atoms with Crippen LogP contribution < -0.4 is 4.74 Å². The van der Waals surface area contributed by atoms with Gasteiger partial charge in [0.25, 0.3) is 0 Å². The molecule has 3 aromatic carbocycles. The molecule has 3 aromatic rings. The molecule has 0 unspecified atom stereocenters. The predicted molar refractivity (Wildman–Crippen MR) is 82.5 cm³/mol. The molecule has 0 atom stereocenters. The molecule has 0 saturated heterocycles. The molecule has 0 bridgehead atoms. The Kier molecular flexibility index (Phi) is 4.33. The molecule has 0 fully saturated rings. The lowest BCUT2D eigenvalue weighted by Crippen LogP contribution is -1.98. The van der Waals surface area contributed by atoms with Gasteiger partial charge in [-0.2, -0.15) is 0 Å². The van der Waals surface area contributed by atoms with E-state index in [1.165, 1.54) is 0 Å². The summed E-state index contributed by atoms with van der Waals surface area (Å²) < 4.78 is 44.4. The molecular weight excluding hydrogens is 301 g/mol. The van der Waals surface area contributed by atoms with Crippen molar-refractivity contribution in [3.63, 3.8) is 0 Å². The molecule has 0 aliphatic heterocycles. The highest BCUT2D eigenvalue weighted by Gasteiger charge is 2.11. The largest absolute Gasteiger partial charge is 0.489 e. The first-order chi connectivity index (χ1) is 11.1.